The summed E-state index contributed by atoms with van der Waals surface area (Å²) in [4.78, 5) is 29.4. The van der Waals surface area contributed by atoms with Gasteiger partial charge in [0.2, 0.25) is 0 Å². The Bertz CT molecular complexity index is 1010. The van der Waals surface area contributed by atoms with Crippen molar-refractivity contribution in [3.8, 4) is 0 Å². The lowest BCUT2D eigenvalue weighted by Gasteiger charge is -2.37. The largest absolute Gasteiger partial charge is 0.480 e. The number of likely N-dealkylation sites (tertiary alicyclic amines) is 1. The Balaban J connectivity index is 1.50. The third-order valence-corrected chi connectivity index (χ3v) is 7.99. The molecule has 0 spiro atoms. The Morgan fingerprint density at radius 1 is 1.03 bits per heavy atom. The van der Waals surface area contributed by atoms with Gasteiger partial charge in [-0.2, -0.15) is 0 Å². The van der Waals surface area contributed by atoms with Gasteiger partial charge in [-0.3, -0.25) is 14.5 Å². The minimum atomic E-state index is -0.818. The first-order chi connectivity index (χ1) is 15.5. The predicted octanol–water partition coefficient (Wildman–Crippen LogP) is 4.29. The highest BCUT2D eigenvalue weighted by molar-refractivity contribution is 5.99. The van der Waals surface area contributed by atoms with Crippen LogP contribution in [-0.4, -0.2) is 57.0 Å². The van der Waals surface area contributed by atoms with E-state index in [1.165, 1.54) is 37.7 Å². The summed E-state index contributed by atoms with van der Waals surface area (Å²) >= 11 is 0. The van der Waals surface area contributed by atoms with Crippen LogP contribution >= 0.6 is 0 Å². The highest BCUT2D eigenvalue weighted by atomic mass is 16.4. The summed E-state index contributed by atoms with van der Waals surface area (Å²) < 4.78 is 1.97. The van der Waals surface area contributed by atoms with Gasteiger partial charge in [-0.05, 0) is 55.4 Å². The number of carbonyl (C=O) groups excluding carboxylic acids is 1. The maximum Gasteiger partial charge on any atom is 0.323 e. The number of carbonyl (C=O) groups is 2. The third kappa shape index (κ3) is 4.05. The molecule has 1 amide bonds. The molecule has 2 aromatic rings. The van der Waals surface area contributed by atoms with E-state index >= 15 is 0 Å². The fraction of sp³-hybridized carbons (Fsp3) is 0.615. The Hall–Kier alpha value is -2.34. The molecular formula is C26H35N3O3. The molecule has 1 aromatic heterocycles. The average molecular weight is 438 g/mol. The van der Waals surface area contributed by atoms with Gasteiger partial charge < -0.3 is 14.6 Å². The molecule has 0 atom stereocenters. The van der Waals surface area contributed by atoms with Crippen LogP contribution in [0.25, 0.3) is 10.9 Å². The summed E-state index contributed by atoms with van der Waals surface area (Å²) in [5, 5.41) is 10.6. The molecular weight excluding hydrogens is 402 g/mol. The SMILES string of the molecule is CC1CCN(C(=O)c2ccc3c(c2)c2c(n3CC(=O)O)CCN(C3CCCCC3)C2)CC1. The van der Waals surface area contributed by atoms with Crippen LogP contribution in [0.3, 0.4) is 0 Å². The van der Waals surface area contributed by atoms with Crippen molar-refractivity contribution in [3.05, 3.63) is 35.0 Å². The van der Waals surface area contributed by atoms with Crippen molar-refractivity contribution < 1.29 is 14.7 Å². The van der Waals surface area contributed by atoms with Crippen molar-refractivity contribution in [1.82, 2.24) is 14.4 Å². The normalized spacial score (nSPS) is 21.1. The highest BCUT2D eigenvalue weighted by Crippen LogP contribution is 2.35. The van der Waals surface area contributed by atoms with Crippen molar-refractivity contribution >= 4 is 22.8 Å². The van der Waals surface area contributed by atoms with E-state index in [2.05, 4.69) is 11.8 Å². The number of hydrogen-bond acceptors (Lipinski definition) is 3. The topological polar surface area (TPSA) is 65.8 Å². The Kier molecular flexibility index (Phi) is 5.97. The van der Waals surface area contributed by atoms with Gasteiger partial charge in [-0.15, -0.1) is 0 Å². The number of carboxylic acid groups (broad SMARTS) is 1. The second kappa shape index (κ2) is 8.89. The molecule has 1 aromatic carbocycles. The lowest BCUT2D eigenvalue weighted by atomic mass is 9.92. The van der Waals surface area contributed by atoms with Crippen LogP contribution in [0.5, 0.6) is 0 Å². The standard InChI is InChI=1S/C26H35N3O3/c1-18-9-12-27(13-10-18)26(32)19-7-8-23-21(15-19)22-16-28(20-5-3-2-4-6-20)14-11-24(22)29(23)17-25(30)31/h7-8,15,18,20H,2-6,9-14,16-17H2,1H3,(H,30,31). The molecule has 0 unspecified atom stereocenters. The first-order valence-electron chi connectivity index (χ1n) is 12.4. The highest BCUT2D eigenvalue weighted by Gasteiger charge is 2.30. The van der Waals surface area contributed by atoms with Crippen LogP contribution in [0.1, 0.15) is 73.5 Å². The maximum absolute atomic E-state index is 13.2. The summed E-state index contributed by atoms with van der Waals surface area (Å²) in [7, 11) is 0. The molecule has 1 saturated heterocycles. The number of amides is 1. The van der Waals surface area contributed by atoms with Gasteiger partial charge in [0.1, 0.15) is 6.54 Å². The molecule has 1 saturated carbocycles. The molecule has 6 heteroatoms. The van der Waals surface area contributed by atoms with E-state index in [1.807, 2.05) is 27.7 Å². The van der Waals surface area contributed by atoms with Gasteiger partial charge in [0, 0.05) is 60.8 Å². The first kappa shape index (κ1) is 21.5. The molecule has 32 heavy (non-hydrogen) atoms. The zero-order valence-electron chi connectivity index (χ0n) is 19.2. The number of aromatic nitrogens is 1. The number of nitrogens with zero attached hydrogens (tertiary/aromatic N) is 3. The van der Waals surface area contributed by atoms with Crippen LogP contribution < -0.4 is 0 Å². The number of aliphatic carboxylic acids is 1. The van der Waals surface area contributed by atoms with Gasteiger partial charge in [0.05, 0.1) is 0 Å². The predicted molar refractivity (Wildman–Crippen MR) is 125 cm³/mol. The molecule has 1 N–H and O–H groups in total. The molecule has 3 heterocycles. The average Bonchev–Trinajstić information content (AvgIpc) is 3.11. The lowest BCUT2D eigenvalue weighted by molar-refractivity contribution is -0.137. The Labute approximate surface area is 190 Å². The zero-order chi connectivity index (χ0) is 22.2. The van der Waals surface area contributed by atoms with Gasteiger partial charge in [0.25, 0.3) is 5.91 Å². The summed E-state index contributed by atoms with van der Waals surface area (Å²) in [5.41, 5.74) is 4.06. The van der Waals surface area contributed by atoms with E-state index in [0.717, 1.165) is 67.6 Å². The molecule has 0 radical (unpaired) electrons. The van der Waals surface area contributed by atoms with Gasteiger partial charge >= 0.3 is 5.97 Å². The van der Waals surface area contributed by atoms with Crippen molar-refractivity contribution in [2.45, 2.75) is 77.4 Å². The molecule has 2 fully saturated rings. The van der Waals surface area contributed by atoms with Crippen LogP contribution in [0.15, 0.2) is 18.2 Å². The minimum Gasteiger partial charge on any atom is -0.480 e. The molecule has 172 valence electrons. The van der Waals surface area contributed by atoms with Crippen molar-refractivity contribution in [2.24, 2.45) is 5.92 Å². The van der Waals surface area contributed by atoms with Crippen molar-refractivity contribution in [2.75, 3.05) is 19.6 Å². The van der Waals surface area contributed by atoms with Gasteiger partial charge in [-0.25, -0.2) is 0 Å². The summed E-state index contributed by atoms with van der Waals surface area (Å²) in [6.07, 6.45) is 9.49. The van der Waals surface area contributed by atoms with Gasteiger partial charge in [-0.1, -0.05) is 26.2 Å². The molecule has 5 rings (SSSR count). The van der Waals surface area contributed by atoms with E-state index in [1.54, 1.807) is 0 Å². The quantitative estimate of drug-likeness (QED) is 0.775. The summed E-state index contributed by atoms with van der Waals surface area (Å²) in [6.45, 7) is 5.74. The Morgan fingerprint density at radius 2 is 1.78 bits per heavy atom. The number of benzene rings is 1. The number of rotatable bonds is 4. The fourth-order valence-corrected chi connectivity index (χ4v) is 6.07. The first-order valence-corrected chi connectivity index (χ1v) is 12.4. The second-order valence-corrected chi connectivity index (χ2v) is 10.1. The van der Waals surface area contributed by atoms with E-state index in [9.17, 15) is 14.7 Å². The smallest absolute Gasteiger partial charge is 0.323 e. The summed E-state index contributed by atoms with van der Waals surface area (Å²) in [5.74, 6) is -0.0233. The Morgan fingerprint density at radius 3 is 2.50 bits per heavy atom. The van der Waals surface area contributed by atoms with E-state index < -0.39 is 5.97 Å². The molecule has 1 aliphatic carbocycles. The number of piperidine rings is 1. The lowest BCUT2D eigenvalue weighted by Crippen LogP contribution is -2.40. The van der Waals surface area contributed by atoms with Crippen molar-refractivity contribution in [3.63, 3.8) is 0 Å². The van der Waals surface area contributed by atoms with E-state index in [-0.39, 0.29) is 12.5 Å². The fourth-order valence-electron chi connectivity index (χ4n) is 6.07. The monoisotopic (exact) mass is 437 g/mol. The molecule has 0 bridgehead atoms. The number of fused-ring (bicyclic) bond motifs is 3. The molecule has 3 aliphatic rings. The number of carboxylic acids is 1. The molecule has 6 nitrogen and oxygen atoms in total. The molecule has 2 aliphatic heterocycles. The summed E-state index contributed by atoms with van der Waals surface area (Å²) in [6, 6.07) is 6.54. The van der Waals surface area contributed by atoms with Crippen LogP contribution in [0, 0.1) is 5.92 Å². The van der Waals surface area contributed by atoms with Gasteiger partial charge in [0.15, 0.2) is 0 Å². The maximum atomic E-state index is 13.2. The minimum absolute atomic E-state index is 0.0213. The number of hydrogen-bond donors (Lipinski definition) is 1. The van der Waals surface area contributed by atoms with Crippen LogP contribution in [0.2, 0.25) is 0 Å². The third-order valence-electron chi connectivity index (χ3n) is 7.99. The van der Waals surface area contributed by atoms with E-state index in [4.69, 9.17) is 0 Å². The van der Waals surface area contributed by atoms with E-state index in [0.29, 0.717) is 12.0 Å². The van der Waals surface area contributed by atoms with Crippen molar-refractivity contribution in [1.29, 1.82) is 0 Å². The second-order valence-electron chi connectivity index (χ2n) is 10.1. The zero-order valence-corrected chi connectivity index (χ0v) is 19.2. The van der Waals surface area contributed by atoms with Crippen LogP contribution in [0.4, 0.5) is 0 Å². The van der Waals surface area contributed by atoms with Crippen LogP contribution in [-0.2, 0) is 24.3 Å².